The molecule has 8 nitrogen and oxygen atoms in total. The van der Waals surface area contributed by atoms with Gasteiger partial charge in [0.05, 0.1) is 38.5 Å². The fourth-order valence-electron chi connectivity index (χ4n) is 3.20. The van der Waals surface area contributed by atoms with Crippen molar-refractivity contribution in [3.63, 3.8) is 0 Å². The smallest absolute Gasteiger partial charge is 0.239 e. The van der Waals surface area contributed by atoms with Crippen molar-refractivity contribution in [3.05, 3.63) is 72.3 Å². The highest BCUT2D eigenvalue weighted by atomic mass is 32.2. The zero-order valence-corrected chi connectivity index (χ0v) is 19.4. The Labute approximate surface area is 193 Å². The fraction of sp³-hybridized carbons (Fsp3) is 0.208. The first-order valence-electron chi connectivity index (χ1n) is 10.1. The summed E-state index contributed by atoms with van der Waals surface area (Å²) >= 11 is 0. The first kappa shape index (κ1) is 23.9. The predicted molar refractivity (Wildman–Crippen MR) is 125 cm³/mol. The van der Waals surface area contributed by atoms with Crippen molar-refractivity contribution < 1.29 is 27.4 Å². The van der Waals surface area contributed by atoms with E-state index in [9.17, 15) is 13.2 Å². The Morgan fingerprint density at radius 3 is 2.15 bits per heavy atom. The largest absolute Gasteiger partial charge is 0.497 e. The van der Waals surface area contributed by atoms with Gasteiger partial charge in [-0.2, -0.15) is 0 Å². The van der Waals surface area contributed by atoms with Crippen molar-refractivity contribution in [2.24, 2.45) is 0 Å². The standard InChI is InChI=1S/C24H26N2O6S/c1-30-18-11-9-17(10-12-18)15-26-22(27)16-25-20-13-14-21(31-2)23(32-3)24(20)33(28,29)19-7-5-4-6-8-19/h4-14,25H,15-16H2,1-3H3,(H,26,27). The quantitative estimate of drug-likeness (QED) is 0.469. The predicted octanol–water partition coefficient (Wildman–Crippen LogP) is 3.27. The van der Waals surface area contributed by atoms with E-state index in [0.29, 0.717) is 6.54 Å². The molecule has 0 aliphatic carbocycles. The van der Waals surface area contributed by atoms with Crippen LogP contribution >= 0.6 is 0 Å². The van der Waals surface area contributed by atoms with Crippen LogP contribution in [0.1, 0.15) is 5.56 Å². The van der Waals surface area contributed by atoms with Gasteiger partial charge in [0.2, 0.25) is 15.7 Å². The maximum absolute atomic E-state index is 13.4. The lowest BCUT2D eigenvalue weighted by atomic mass is 10.2. The van der Waals surface area contributed by atoms with E-state index in [1.165, 1.54) is 26.4 Å². The molecule has 33 heavy (non-hydrogen) atoms. The third-order valence-electron chi connectivity index (χ3n) is 4.91. The number of hydrogen-bond donors (Lipinski definition) is 2. The third kappa shape index (κ3) is 5.56. The summed E-state index contributed by atoms with van der Waals surface area (Å²) in [6.07, 6.45) is 0. The van der Waals surface area contributed by atoms with E-state index in [2.05, 4.69) is 10.6 Å². The fourth-order valence-corrected chi connectivity index (χ4v) is 4.81. The number of carbonyl (C=O) groups is 1. The molecule has 2 N–H and O–H groups in total. The summed E-state index contributed by atoms with van der Waals surface area (Å²) in [5, 5.41) is 5.72. The van der Waals surface area contributed by atoms with E-state index in [1.54, 1.807) is 37.4 Å². The Morgan fingerprint density at radius 2 is 1.55 bits per heavy atom. The lowest BCUT2D eigenvalue weighted by molar-refractivity contribution is -0.119. The van der Waals surface area contributed by atoms with E-state index in [4.69, 9.17) is 14.2 Å². The Balaban J connectivity index is 1.81. The number of sulfone groups is 1. The molecule has 0 heterocycles. The van der Waals surface area contributed by atoms with Gasteiger partial charge < -0.3 is 24.8 Å². The van der Waals surface area contributed by atoms with Crippen LogP contribution < -0.4 is 24.8 Å². The molecule has 0 saturated heterocycles. The molecule has 0 radical (unpaired) electrons. The number of anilines is 1. The molecule has 3 rings (SSSR count). The van der Waals surface area contributed by atoms with Crippen LogP contribution in [0.4, 0.5) is 5.69 Å². The minimum Gasteiger partial charge on any atom is -0.497 e. The van der Waals surface area contributed by atoms with Crippen LogP contribution in [0.2, 0.25) is 0 Å². The van der Waals surface area contributed by atoms with Gasteiger partial charge in [-0.05, 0) is 42.0 Å². The number of carbonyl (C=O) groups excluding carboxylic acids is 1. The van der Waals surface area contributed by atoms with Gasteiger partial charge in [0.25, 0.3) is 0 Å². The van der Waals surface area contributed by atoms with Gasteiger partial charge in [-0.3, -0.25) is 4.79 Å². The molecule has 0 unspecified atom stereocenters. The molecule has 3 aromatic carbocycles. The van der Waals surface area contributed by atoms with Crippen molar-refractivity contribution in [2.75, 3.05) is 33.2 Å². The summed E-state index contributed by atoms with van der Waals surface area (Å²) in [6.45, 7) is 0.189. The van der Waals surface area contributed by atoms with Crippen molar-refractivity contribution in [3.8, 4) is 17.2 Å². The van der Waals surface area contributed by atoms with Gasteiger partial charge in [0.1, 0.15) is 10.6 Å². The number of ether oxygens (including phenoxy) is 3. The molecule has 174 valence electrons. The molecule has 3 aromatic rings. The van der Waals surface area contributed by atoms with E-state index < -0.39 is 9.84 Å². The van der Waals surface area contributed by atoms with Gasteiger partial charge in [-0.1, -0.05) is 30.3 Å². The minimum atomic E-state index is -3.97. The summed E-state index contributed by atoms with van der Waals surface area (Å²) in [5.74, 6) is 0.752. The van der Waals surface area contributed by atoms with Crippen LogP contribution in [0.5, 0.6) is 17.2 Å². The highest BCUT2D eigenvalue weighted by Crippen LogP contribution is 2.42. The maximum Gasteiger partial charge on any atom is 0.239 e. The normalized spacial score (nSPS) is 10.9. The van der Waals surface area contributed by atoms with Crippen LogP contribution in [-0.4, -0.2) is 42.2 Å². The van der Waals surface area contributed by atoms with E-state index in [-0.39, 0.29) is 39.4 Å². The van der Waals surface area contributed by atoms with Crippen LogP contribution in [-0.2, 0) is 21.2 Å². The zero-order chi connectivity index (χ0) is 23.8. The molecule has 0 saturated carbocycles. The maximum atomic E-state index is 13.4. The molecule has 0 aromatic heterocycles. The second-order valence-corrected chi connectivity index (χ2v) is 8.86. The topological polar surface area (TPSA) is 103 Å². The third-order valence-corrected chi connectivity index (χ3v) is 6.75. The Bertz CT molecular complexity index is 1200. The van der Waals surface area contributed by atoms with Crippen LogP contribution in [0.15, 0.2) is 76.5 Å². The van der Waals surface area contributed by atoms with Crippen LogP contribution in [0.3, 0.4) is 0 Å². The Morgan fingerprint density at radius 1 is 0.848 bits per heavy atom. The van der Waals surface area contributed by atoms with Crippen LogP contribution in [0, 0.1) is 0 Å². The van der Waals surface area contributed by atoms with Crippen molar-refractivity contribution >= 4 is 21.4 Å². The summed E-state index contributed by atoms with van der Waals surface area (Å²) in [6, 6.07) is 18.5. The monoisotopic (exact) mass is 470 g/mol. The Kier molecular flexibility index (Phi) is 7.78. The summed E-state index contributed by atoms with van der Waals surface area (Å²) < 4.78 is 42.6. The molecule has 0 spiro atoms. The lowest BCUT2D eigenvalue weighted by Crippen LogP contribution is -2.29. The number of rotatable bonds is 10. The summed E-state index contributed by atoms with van der Waals surface area (Å²) in [7, 11) is 0.416. The van der Waals surface area contributed by atoms with Crippen LogP contribution in [0.25, 0.3) is 0 Å². The number of hydrogen-bond acceptors (Lipinski definition) is 7. The molecular weight excluding hydrogens is 444 g/mol. The second-order valence-electron chi connectivity index (χ2n) is 6.97. The van der Waals surface area contributed by atoms with Crippen molar-refractivity contribution in [1.82, 2.24) is 5.32 Å². The zero-order valence-electron chi connectivity index (χ0n) is 18.6. The molecule has 0 fully saturated rings. The Hall–Kier alpha value is -3.72. The van der Waals surface area contributed by atoms with E-state index >= 15 is 0 Å². The van der Waals surface area contributed by atoms with Crippen molar-refractivity contribution in [2.45, 2.75) is 16.3 Å². The number of amides is 1. The summed E-state index contributed by atoms with van der Waals surface area (Å²) in [5.41, 5.74) is 1.14. The molecule has 0 aliphatic heterocycles. The number of methoxy groups -OCH3 is 3. The van der Waals surface area contributed by atoms with Gasteiger partial charge in [0, 0.05) is 6.54 Å². The summed E-state index contributed by atoms with van der Waals surface area (Å²) in [4.78, 5) is 12.4. The SMILES string of the molecule is COc1ccc(CNC(=O)CNc2ccc(OC)c(OC)c2S(=O)(=O)c2ccccc2)cc1. The minimum absolute atomic E-state index is 0.0602. The molecule has 0 atom stereocenters. The van der Waals surface area contributed by atoms with E-state index in [0.717, 1.165) is 11.3 Å². The molecule has 9 heteroatoms. The van der Waals surface area contributed by atoms with Gasteiger partial charge in [0.15, 0.2) is 11.5 Å². The molecule has 1 amide bonds. The molecule has 0 aliphatic rings. The highest BCUT2D eigenvalue weighted by molar-refractivity contribution is 7.91. The lowest BCUT2D eigenvalue weighted by Gasteiger charge is -2.18. The number of benzene rings is 3. The average molecular weight is 471 g/mol. The number of nitrogens with one attached hydrogen (secondary N) is 2. The van der Waals surface area contributed by atoms with Gasteiger partial charge >= 0.3 is 0 Å². The van der Waals surface area contributed by atoms with Gasteiger partial charge in [-0.25, -0.2) is 8.42 Å². The molecular formula is C24H26N2O6S. The first-order valence-corrected chi connectivity index (χ1v) is 11.6. The highest BCUT2D eigenvalue weighted by Gasteiger charge is 2.28. The van der Waals surface area contributed by atoms with Crippen molar-refractivity contribution in [1.29, 1.82) is 0 Å². The van der Waals surface area contributed by atoms with E-state index in [1.807, 2.05) is 24.3 Å². The molecule has 0 bridgehead atoms. The average Bonchev–Trinajstić information content (AvgIpc) is 2.86. The second kappa shape index (κ2) is 10.7. The van der Waals surface area contributed by atoms with Gasteiger partial charge in [-0.15, -0.1) is 0 Å². The first-order chi connectivity index (χ1) is 15.9.